The van der Waals surface area contributed by atoms with E-state index in [9.17, 15) is 4.79 Å². The van der Waals surface area contributed by atoms with Gasteiger partial charge in [-0.1, -0.05) is 57.2 Å². The summed E-state index contributed by atoms with van der Waals surface area (Å²) < 4.78 is 0. The van der Waals surface area contributed by atoms with Gasteiger partial charge in [-0.3, -0.25) is 4.79 Å². The van der Waals surface area contributed by atoms with E-state index in [2.05, 4.69) is 45.0 Å². The summed E-state index contributed by atoms with van der Waals surface area (Å²) in [4.78, 5) is 11.4. The Morgan fingerprint density at radius 3 is 1.76 bits per heavy atom. The smallest absolute Gasteiger partial charge is 0.159 e. The summed E-state index contributed by atoms with van der Waals surface area (Å²) in [5, 5.41) is 0. The van der Waals surface area contributed by atoms with E-state index >= 15 is 0 Å². The molecule has 0 fully saturated rings. The Kier molecular flexibility index (Phi) is 4.95. The largest absolute Gasteiger partial charge is 0.295 e. The molecule has 0 spiro atoms. The second kappa shape index (κ2) is 6.71. The van der Waals surface area contributed by atoms with E-state index in [0.29, 0.717) is 0 Å². The molecule has 110 valence electrons. The minimum atomic E-state index is 0.120. The van der Waals surface area contributed by atoms with Crippen molar-refractivity contribution >= 4 is 5.78 Å². The Labute approximate surface area is 128 Å². The lowest BCUT2D eigenvalue weighted by Crippen LogP contribution is -1.98. The lowest BCUT2D eigenvalue weighted by molar-refractivity contribution is 0.101. The molecule has 0 saturated heterocycles. The fourth-order valence-electron chi connectivity index (χ4n) is 2.84. The average molecular weight is 280 g/mol. The van der Waals surface area contributed by atoms with Gasteiger partial charge in [0.15, 0.2) is 5.78 Å². The second-order valence-corrected chi connectivity index (χ2v) is 5.48. The second-order valence-electron chi connectivity index (χ2n) is 5.48. The number of rotatable bonds is 5. The number of Topliss-reactive ketones (excluding diaryl/α,β-unsaturated/α-hetero) is 1. The van der Waals surface area contributed by atoms with Crippen LogP contribution in [-0.2, 0) is 19.3 Å². The van der Waals surface area contributed by atoms with Crippen LogP contribution in [0.2, 0.25) is 0 Å². The van der Waals surface area contributed by atoms with Crippen molar-refractivity contribution < 1.29 is 4.79 Å². The van der Waals surface area contributed by atoms with Gasteiger partial charge in [0, 0.05) is 5.56 Å². The van der Waals surface area contributed by atoms with E-state index in [0.717, 1.165) is 24.8 Å². The Morgan fingerprint density at radius 2 is 1.38 bits per heavy atom. The van der Waals surface area contributed by atoms with Crippen molar-refractivity contribution in [3.8, 4) is 11.1 Å². The minimum absolute atomic E-state index is 0.120. The summed E-state index contributed by atoms with van der Waals surface area (Å²) in [5.74, 6) is 0.120. The van der Waals surface area contributed by atoms with Gasteiger partial charge < -0.3 is 0 Å². The van der Waals surface area contributed by atoms with Crippen molar-refractivity contribution in [2.75, 3.05) is 0 Å². The van der Waals surface area contributed by atoms with Gasteiger partial charge in [0.2, 0.25) is 0 Å². The highest BCUT2D eigenvalue weighted by Crippen LogP contribution is 2.30. The predicted molar refractivity (Wildman–Crippen MR) is 90.0 cm³/mol. The third kappa shape index (κ3) is 3.24. The third-order valence-corrected chi connectivity index (χ3v) is 4.11. The molecule has 2 aromatic carbocycles. The lowest BCUT2D eigenvalue weighted by atomic mass is 9.89. The Balaban J connectivity index is 2.58. The fourth-order valence-corrected chi connectivity index (χ4v) is 2.84. The minimum Gasteiger partial charge on any atom is -0.295 e. The predicted octanol–water partition coefficient (Wildman–Crippen LogP) is 5.24. The highest BCUT2D eigenvalue weighted by Gasteiger charge is 2.11. The van der Waals surface area contributed by atoms with Gasteiger partial charge in [0.25, 0.3) is 0 Å². The van der Waals surface area contributed by atoms with Crippen LogP contribution in [0.15, 0.2) is 36.4 Å². The molecule has 0 amide bonds. The summed E-state index contributed by atoms with van der Waals surface area (Å²) in [6, 6.07) is 12.7. The normalized spacial score (nSPS) is 10.7. The maximum Gasteiger partial charge on any atom is 0.159 e. The summed E-state index contributed by atoms with van der Waals surface area (Å²) in [6.07, 6.45) is 3.14. The van der Waals surface area contributed by atoms with Crippen molar-refractivity contribution in [3.05, 3.63) is 58.7 Å². The highest BCUT2D eigenvalue weighted by molar-refractivity contribution is 5.94. The molecule has 0 aliphatic rings. The average Bonchev–Trinajstić information content (AvgIpc) is 2.53. The third-order valence-electron chi connectivity index (χ3n) is 4.11. The molecule has 21 heavy (non-hydrogen) atoms. The van der Waals surface area contributed by atoms with Crippen LogP contribution in [0.5, 0.6) is 0 Å². The number of hydrogen-bond acceptors (Lipinski definition) is 1. The number of aryl methyl sites for hydroxylation is 3. The van der Waals surface area contributed by atoms with Crippen LogP contribution in [0.3, 0.4) is 0 Å². The van der Waals surface area contributed by atoms with Crippen molar-refractivity contribution in [3.63, 3.8) is 0 Å². The SMILES string of the molecule is CCc1cc(CC)c(-c2ccc(C(C)=O)cc2)c(CC)c1. The summed E-state index contributed by atoms with van der Waals surface area (Å²) in [7, 11) is 0. The highest BCUT2D eigenvalue weighted by atomic mass is 16.1. The number of ketones is 1. The zero-order valence-corrected chi connectivity index (χ0v) is 13.5. The van der Waals surface area contributed by atoms with Crippen LogP contribution in [0.1, 0.15) is 54.7 Å². The number of carbonyl (C=O) groups excluding carboxylic acids is 1. The Hall–Kier alpha value is -1.89. The molecule has 0 saturated carbocycles. The molecule has 0 N–H and O–H groups in total. The lowest BCUT2D eigenvalue weighted by Gasteiger charge is -2.16. The van der Waals surface area contributed by atoms with E-state index in [1.165, 1.54) is 27.8 Å². The molecule has 1 heteroatoms. The first-order chi connectivity index (χ1) is 10.1. The topological polar surface area (TPSA) is 17.1 Å². The molecule has 0 aliphatic carbocycles. The van der Waals surface area contributed by atoms with Gasteiger partial charge in [-0.2, -0.15) is 0 Å². The molecular weight excluding hydrogens is 256 g/mol. The van der Waals surface area contributed by atoms with Gasteiger partial charge in [0.1, 0.15) is 0 Å². The molecular formula is C20H24O. The first kappa shape index (κ1) is 15.5. The molecule has 0 unspecified atom stereocenters. The number of benzene rings is 2. The zero-order valence-electron chi connectivity index (χ0n) is 13.5. The van der Waals surface area contributed by atoms with Crippen LogP contribution >= 0.6 is 0 Å². The molecule has 2 aromatic rings. The van der Waals surface area contributed by atoms with Crippen molar-refractivity contribution in [2.24, 2.45) is 0 Å². The van der Waals surface area contributed by atoms with Crippen molar-refractivity contribution in [1.82, 2.24) is 0 Å². The fraction of sp³-hybridized carbons (Fsp3) is 0.350. The molecule has 0 radical (unpaired) electrons. The van der Waals surface area contributed by atoms with Gasteiger partial charge in [-0.05, 0) is 54.0 Å². The van der Waals surface area contributed by atoms with Gasteiger partial charge in [-0.25, -0.2) is 0 Å². The van der Waals surface area contributed by atoms with Crippen LogP contribution in [0.4, 0.5) is 0 Å². The van der Waals surface area contributed by atoms with Crippen LogP contribution < -0.4 is 0 Å². The molecule has 0 aliphatic heterocycles. The monoisotopic (exact) mass is 280 g/mol. The van der Waals surface area contributed by atoms with Crippen LogP contribution in [-0.4, -0.2) is 5.78 Å². The summed E-state index contributed by atoms with van der Waals surface area (Å²) in [6.45, 7) is 8.23. The quantitative estimate of drug-likeness (QED) is 0.684. The summed E-state index contributed by atoms with van der Waals surface area (Å²) >= 11 is 0. The summed E-state index contributed by atoms with van der Waals surface area (Å²) in [5.41, 5.74) is 7.57. The van der Waals surface area contributed by atoms with Gasteiger partial charge in [0.05, 0.1) is 0 Å². The first-order valence-electron chi connectivity index (χ1n) is 7.86. The Bertz CT molecular complexity index is 610. The molecule has 0 atom stereocenters. The molecule has 0 aromatic heterocycles. The van der Waals surface area contributed by atoms with Crippen molar-refractivity contribution in [2.45, 2.75) is 47.0 Å². The van der Waals surface area contributed by atoms with Gasteiger partial charge >= 0.3 is 0 Å². The van der Waals surface area contributed by atoms with E-state index in [1.807, 2.05) is 12.1 Å². The maximum atomic E-state index is 11.4. The number of carbonyl (C=O) groups is 1. The van der Waals surface area contributed by atoms with E-state index < -0.39 is 0 Å². The molecule has 2 rings (SSSR count). The molecule has 1 nitrogen and oxygen atoms in total. The molecule has 0 bridgehead atoms. The standard InChI is InChI=1S/C20H24O/c1-5-15-12-16(6-2)20(17(7-3)13-15)19-10-8-18(9-11-19)14(4)21/h8-13H,5-7H2,1-4H3. The first-order valence-corrected chi connectivity index (χ1v) is 7.86. The van der Waals surface area contributed by atoms with Crippen LogP contribution in [0.25, 0.3) is 11.1 Å². The van der Waals surface area contributed by atoms with E-state index in [4.69, 9.17) is 0 Å². The Morgan fingerprint density at radius 1 is 0.857 bits per heavy atom. The molecule has 0 heterocycles. The maximum absolute atomic E-state index is 11.4. The van der Waals surface area contributed by atoms with E-state index in [-0.39, 0.29) is 5.78 Å². The van der Waals surface area contributed by atoms with Gasteiger partial charge in [-0.15, -0.1) is 0 Å². The zero-order chi connectivity index (χ0) is 15.4. The van der Waals surface area contributed by atoms with E-state index in [1.54, 1.807) is 6.92 Å². The number of hydrogen-bond donors (Lipinski definition) is 0. The van der Waals surface area contributed by atoms with Crippen molar-refractivity contribution in [1.29, 1.82) is 0 Å². The van der Waals surface area contributed by atoms with Crippen LogP contribution in [0, 0.1) is 0 Å².